The van der Waals surface area contributed by atoms with Crippen molar-refractivity contribution in [3.05, 3.63) is 59.7 Å². The molecule has 2 aromatic rings. The van der Waals surface area contributed by atoms with Crippen LogP contribution in [0.25, 0.3) is 0 Å². The third-order valence-corrected chi connectivity index (χ3v) is 3.42. The number of carboxylic acid groups (broad SMARTS) is 1. The molecule has 2 aromatic carbocycles. The van der Waals surface area contributed by atoms with Crippen LogP contribution in [0.5, 0.6) is 11.5 Å². The van der Waals surface area contributed by atoms with Gasteiger partial charge in [0.05, 0.1) is 14.2 Å². The first kappa shape index (κ1) is 17.3. The molecular formula is C17H17NO6. The normalized spacial score (nSPS) is 12.8. The van der Waals surface area contributed by atoms with Crippen molar-refractivity contribution < 1.29 is 29.3 Å². The van der Waals surface area contributed by atoms with E-state index in [9.17, 15) is 14.7 Å². The molecule has 0 saturated carbocycles. The minimum absolute atomic E-state index is 0.0336. The smallest absolute Gasteiger partial charge is 0.407 e. The first-order valence-corrected chi connectivity index (χ1v) is 6.97. The highest BCUT2D eigenvalue weighted by molar-refractivity contribution is 6.04. The van der Waals surface area contributed by atoms with Gasteiger partial charge in [-0.2, -0.15) is 0 Å². The molecule has 0 fully saturated rings. The first-order valence-electron chi connectivity index (χ1n) is 6.97. The Morgan fingerprint density at radius 2 is 1.54 bits per heavy atom. The van der Waals surface area contributed by atoms with Crippen LogP contribution >= 0.6 is 0 Å². The van der Waals surface area contributed by atoms with E-state index in [1.165, 1.54) is 38.5 Å². The number of benzene rings is 2. The third-order valence-electron chi connectivity index (χ3n) is 3.42. The second-order valence-corrected chi connectivity index (χ2v) is 4.94. The summed E-state index contributed by atoms with van der Waals surface area (Å²) >= 11 is 0. The predicted molar refractivity (Wildman–Crippen MR) is 85.4 cm³/mol. The van der Waals surface area contributed by atoms with Gasteiger partial charge >= 0.3 is 6.09 Å². The molecule has 0 aliphatic rings. The molecule has 126 valence electrons. The molecule has 0 spiro atoms. The molecule has 0 bridgehead atoms. The summed E-state index contributed by atoms with van der Waals surface area (Å²) in [5.74, 6) is -0.180. The van der Waals surface area contributed by atoms with Gasteiger partial charge in [-0.05, 0) is 12.1 Å². The SMILES string of the molecule is COc1cc(OC)cc(C(=O)C(O)(NC(=O)O)c2ccccc2)c1. The van der Waals surface area contributed by atoms with Crippen molar-refractivity contribution in [1.29, 1.82) is 0 Å². The summed E-state index contributed by atoms with van der Waals surface area (Å²) in [6.07, 6.45) is -1.54. The molecule has 0 radical (unpaired) electrons. The van der Waals surface area contributed by atoms with E-state index in [0.29, 0.717) is 11.5 Å². The van der Waals surface area contributed by atoms with E-state index in [-0.39, 0.29) is 11.1 Å². The summed E-state index contributed by atoms with van der Waals surface area (Å²) in [5, 5.41) is 21.7. The van der Waals surface area contributed by atoms with E-state index in [4.69, 9.17) is 14.6 Å². The Kier molecular flexibility index (Phi) is 5.05. The van der Waals surface area contributed by atoms with E-state index in [0.717, 1.165) is 0 Å². The lowest BCUT2D eigenvalue weighted by atomic mass is 9.93. The fraction of sp³-hybridized carbons (Fsp3) is 0.176. The number of amides is 1. The van der Waals surface area contributed by atoms with Crippen LogP contribution in [0.4, 0.5) is 4.79 Å². The van der Waals surface area contributed by atoms with E-state index in [1.54, 1.807) is 24.3 Å². The maximum absolute atomic E-state index is 12.9. The lowest BCUT2D eigenvalue weighted by Crippen LogP contribution is -2.51. The molecule has 3 N–H and O–H groups in total. The molecule has 7 nitrogen and oxygen atoms in total. The fourth-order valence-electron chi connectivity index (χ4n) is 2.24. The van der Waals surface area contributed by atoms with E-state index < -0.39 is 17.6 Å². The van der Waals surface area contributed by atoms with Gasteiger partial charge in [0.25, 0.3) is 0 Å². The molecule has 0 aliphatic carbocycles. The molecule has 1 amide bonds. The van der Waals surface area contributed by atoms with Gasteiger partial charge in [-0.15, -0.1) is 0 Å². The predicted octanol–water partition coefficient (Wildman–Crippen LogP) is 2.00. The van der Waals surface area contributed by atoms with Gasteiger partial charge in [0.1, 0.15) is 11.5 Å². The van der Waals surface area contributed by atoms with Crippen molar-refractivity contribution in [2.45, 2.75) is 5.72 Å². The Labute approximate surface area is 138 Å². The zero-order valence-electron chi connectivity index (χ0n) is 13.1. The van der Waals surface area contributed by atoms with Crippen LogP contribution in [0.3, 0.4) is 0 Å². The zero-order valence-corrected chi connectivity index (χ0v) is 13.1. The number of Topliss-reactive ketones (excluding diaryl/α,β-unsaturated/α-hetero) is 1. The molecule has 7 heteroatoms. The van der Waals surface area contributed by atoms with Crippen LogP contribution in [0.2, 0.25) is 0 Å². The van der Waals surface area contributed by atoms with Crippen LogP contribution in [0.1, 0.15) is 15.9 Å². The van der Waals surface area contributed by atoms with Crippen LogP contribution in [0, 0.1) is 0 Å². The lowest BCUT2D eigenvalue weighted by molar-refractivity contribution is 0.0117. The van der Waals surface area contributed by atoms with Gasteiger partial charge in [0.2, 0.25) is 11.5 Å². The number of carbonyl (C=O) groups excluding carboxylic acids is 1. The number of methoxy groups -OCH3 is 2. The van der Waals surface area contributed by atoms with Crippen LogP contribution in [-0.4, -0.2) is 36.3 Å². The lowest BCUT2D eigenvalue weighted by Gasteiger charge is -2.27. The van der Waals surface area contributed by atoms with Gasteiger partial charge in [0, 0.05) is 17.2 Å². The van der Waals surface area contributed by atoms with Crippen molar-refractivity contribution in [1.82, 2.24) is 5.32 Å². The molecule has 2 rings (SSSR count). The van der Waals surface area contributed by atoms with E-state index in [1.807, 2.05) is 5.32 Å². The second-order valence-electron chi connectivity index (χ2n) is 4.94. The summed E-state index contributed by atoms with van der Waals surface area (Å²) in [5.41, 5.74) is -2.31. The Morgan fingerprint density at radius 3 is 2.00 bits per heavy atom. The van der Waals surface area contributed by atoms with Crippen molar-refractivity contribution in [2.24, 2.45) is 0 Å². The van der Waals surface area contributed by atoms with E-state index in [2.05, 4.69) is 0 Å². The minimum Gasteiger partial charge on any atom is -0.497 e. The number of carbonyl (C=O) groups is 2. The fourth-order valence-corrected chi connectivity index (χ4v) is 2.24. The number of hydrogen-bond donors (Lipinski definition) is 3. The molecule has 24 heavy (non-hydrogen) atoms. The Hall–Kier alpha value is -3.06. The summed E-state index contributed by atoms with van der Waals surface area (Å²) in [6, 6.07) is 12.1. The van der Waals surface area contributed by atoms with Gasteiger partial charge in [-0.1, -0.05) is 30.3 Å². The highest BCUT2D eigenvalue weighted by Crippen LogP contribution is 2.28. The number of hydrogen-bond acceptors (Lipinski definition) is 5. The maximum atomic E-state index is 12.9. The summed E-state index contributed by atoms with van der Waals surface area (Å²) in [6.45, 7) is 0. The van der Waals surface area contributed by atoms with Gasteiger partial charge in [-0.25, -0.2) is 4.79 Å². The number of rotatable bonds is 6. The monoisotopic (exact) mass is 331 g/mol. The average molecular weight is 331 g/mol. The average Bonchev–Trinajstić information content (AvgIpc) is 2.60. The van der Waals surface area contributed by atoms with Crippen molar-refractivity contribution in [2.75, 3.05) is 14.2 Å². The number of aliphatic hydroxyl groups is 1. The number of ether oxygens (including phenoxy) is 2. The molecule has 0 aromatic heterocycles. The second kappa shape index (κ2) is 7.01. The molecular weight excluding hydrogens is 314 g/mol. The third kappa shape index (κ3) is 3.47. The Bertz CT molecular complexity index is 724. The van der Waals surface area contributed by atoms with Gasteiger partial charge < -0.3 is 19.7 Å². The summed E-state index contributed by atoms with van der Waals surface area (Å²) < 4.78 is 10.2. The highest BCUT2D eigenvalue weighted by Gasteiger charge is 2.40. The van der Waals surface area contributed by atoms with Crippen molar-refractivity contribution >= 4 is 11.9 Å². The van der Waals surface area contributed by atoms with Crippen LogP contribution in [0.15, 0.2) is 48.5 Å². The number of nitrogens with one attached hydrogen (secondary N) is 1. The minimum atomic E-state index is -2.44. The molecule has 0 aliphatic heterocycles. The van der Waals surface area contributed by atoms with Crippen molar-refractivity contribution in [3.8, 4) is 11.5 Å². The van der Waals surface area contributed by atoms with E-state index >= 15 is 0 Å². The quantitative estimate of drug-likeness (QED) is 0.552. The summed E-state index contributed by atoms with van der Waals surface area (Å²) in [7, 11) is 2.84. The topological polar surface area (TPSA) is 105 Å². The maximum Gasteiger partial charge on any atom is 0.407 e. The van der Waals surface area contributed by atoms with Crippen molar-refractivity contribution in [3.63, 3.8) is 0 Å². The number of ketones is 1. The highest BCUT2D eigenvalue weighted by atomic mass is 16.5. The molecule has 0 heterocycles. The standard InChI is InChI=1S/C17H17NO6/c1-23-13-8-11(9-14(10-13)24-2)15(19)17(22,18-16(20)21)12-6-4-3-5-7-12/h3-10,18,22H,1-2H3,(H,20,21). The van der Waals surface area contributed by atoms with Crippen LogP contribution < -0.4 is 14.8 Å². The van der Waals surface area contributed by atoms with Crippen LogP contribution in [-0.2, 0) is 5.72 Å². The van der Waals surface area contributed by atoms with Gasteiger partial charge in [0.15, 0.2) is 0 Å². The largest absolute Gasteiger partial charge is 0.497 e. The first-order chi connectivity index (χ1) is 11.4. The Balaban J connectivity index is 2.55. The molecule has 1 unspecified atom stereocenters. The van der Waals surface area contributed by atoms with Gasteiger partial charge in [-0.3, -0.25) is 10.1 Å². The Morgan fingerprint density at radius 1 is 1.00 bits per heavy atom. The summed E-state index contributed by atoms with van der Waals surface area (Å²) in [4.78, 5) is 23.9. The molecule has 0 saturated heterocycles. The zero-order chi connectivity index (χ0) is 17.7. The molecule has 1 atom stereocenters.